The van der Waals surface area contributed by atoms with Crippen molar-refractivity contribution in [3.8, 4) is 5.75 Å². The summed E-state index contributed by atoms with van der Waals surface area (Å²) >= 11 is 0. The fourth-order valence-electron chi connectivity index (χ4n) is 2.29. The van der Waals surface area contributed by atoms with Crippen molar-refractivity contribution in [2.75, 3.05) is 13.2 Å². The minimum absolute atomic E-state index is 0.0644. The van der Waals surface area contributed by atoms with Crippen LogP contribution in [0.15, 0.2) is 54.6 Å². The van der Waals surface area contributed by atoms with E-state index in [2.05, 4.69) is 43.4 Å². The van der Waals surface area contributed by atoms with Gasteiger partial charge in [-0.3, -0.25) is 4.79 Å². The van der Waals surface area contributed by atoms with Gasteiger partial charge in [0.25, 0.3) is 0 Å². The van der Waals surface area contributed by atoms with Gasteiger partial charge in [-0.25, -0.2) is 0 Å². The summed E-state index contributed by atoms with van der Waals surface area (Å²) in [4.78, 5) is 11.8. The van der Waals surface area contributed by atoms with Crippen LogP contribution in [0.4, 0.5) is 0 Å². The van der Waals surface area contributed by atoms with Crippen molar-refractivity contribution < 1.29 is 9.53 Å². The number of hydrogen-bond donors (Lipinski definition) is 1. The second-order valence-electron chi connectivity index (χ2n) is 5.91. The first-order valence-corrected chi connectivity index (χ1v) is 8.18. The van der Waals surface area contributed by atoms with Crippen molar-refractivity contribution in [2.45, 2.75) is 32.6 Å². The van der Waals surface area contributed by atoms with Crippen molar-refractivity contribution in [2.24, 2.45) is 0 Å². The Bertz CT molecular complexity index is 591. The second-order valence-corrected chi connectivity index (χ2v) is 5.91. The molecular weight excluding hydrogens is 286 g/mol. The average molecular weight is 311 g/mol. The molecule has 0 aliphatic heterocycles. The van der Waals surface area contributed by atoms with Crippen LogP contribution in [0, 0.1) is 0 Å². The predicted molar refractivity (Wildman–Crippen MR) is 93.8 cm³/mol. The molecule has 0 bridgehead atoms. The van der Waals surface area contributed by atoms with E-state index in [0.29, 0.717) is 25.5 Å². The molecule has 0 aromatic heterocycles. The lowest BCUT2D eigenvalue weighted by molar-refractivity contribution is -0.121. The minimum atomic E-state index is 0.0644. The number of carbonyl (C=O) groups is 1. The number of aryl methyl sites for hydroxylation is 1. The fourth-order valence-corrected chi connectivity index (χ4v) is 2.29. The molecule has 1 N–H and O–H groups in total. The maximum Gasteiger partial charge on any atom is 0.220 e. The zero-order valence-corrected chi connectivity index (χ0v) is 13.9. The Labute approximate surface area is 138 Å². The van der Waals surface area contributed by atoms with E-state index in [9.17, 15) is 4.79 Å². The summed E-state index contributed by atoms with van der Waals surface area (Å²) < 4.78 is 5.54. The fraction of sp³-hybridized carbons (Fsp3) is 0.350. The molecule has 2 rings (SSSR count). The van der Waals surface area contributed by atoms with Crippen molar-refractivity contribution in [3.63, 3.8) is 0 Å². The van der Waals surface area contributed by atoms with Gasteiger partial charge < -0.3 is 10.1 Å². The molecule has 0 saturated heterocycles. The third-order valence-electron chi connectivity index (χ3n) is 3.72. The minimum Gasteiger partial charge on any atom is -0.492 e. The van der Waals surface area contributed by atoms with Gasteiger partial charge in [-0.1, -0.05) is 56.3 Å². The number of ether oxygens (including phenoxy) is 1. The van der Waals surface area contributed by atoms with Gasteiger partial charge in [-0.2, -0.15) is 0 Å². The Morgan fingerprint density at radius 3 is 2.39 bits per heavy atom. The van der Waals surface area contributed by atoms with Crippen molar-refractivity contribution in [3.05, 3.63) is 65.7 Å². The van der Waals surface area contributed by atoms with Gasteiger partial charge in [-0.05, 0) is 35.6 Å². The number of nitrogens with one attached hydrogen (secondary N) is 1. The molecule has 0 radical (unpaired) electrons. The molecule has 122 valence electrons. The van der Waals surface area contributed by atoms with Gasteiger partial charge in [0.1, 0.15) is 12.4 Å². The van der Waals surface area contributed by atoms with Crippen LogP contribution in [0.2, 0.25) is 0 Å². The Morgan fingerprint density at radius 1 is 1.04 bits per heavy atom. The van der Waals surface area contributed by atoms with Gasteiger partial charge in [0.05, 0.1) is 6.54 Å². The van der Waals surface area contributed by atoms with E-state index in [-0.39, 0.29) is 5.91 Å². The van der Waals surface area contributed by atoms with Gasteiger partial charge in [0.15, 0.2) is 0 Å². The zero-order chi connectivity index (χ0) is 16.5. The Morgan fingerprint density at radius 2 is 1.74 bits per heavy atom. The molecular formula is C20H25NO2. The molecule has 0 spiro atoms. The summed E-state index contributed by atoms with van der Waals surface area (Å²) in [5.41, 5.74) is 2.53. The van der Waals surface area contributed by atoms with Gasteiger partial charge in [0, 0.05) is 6.42 Å². The highest BCUT2D eigenvalue weighted by molar-refractivity contribution is 5.76. The van der Waals surface area contributed by atoms with Crippen LogP contribution in [-0.4, -0.2) is 19.1 Å². The number of amides is 1. The average Bonchev–Trinajstić information content (AvgIpc) is 2.58. The second kappa shape index (κ2) is 8.99. The molecule has 0 atom stereocenters. The van der Waals surface area contributed by atoms with E-state index in [1.165, 1.54) is 11.1 Å². The summed E-state index contributed by atoms with van der Waals surface area (Å²) in [7, 11) is 0. The standard InChI is InChI=1S/C20H25NO2/c1-16(2)18-11-8-17(9-12-18)10-13-20(22)21-14-15-23-19-6-4-3-5-7-19/h3-9,11-12,16H,10,13-15H2,1-2H3,(H,21,22). The van der Waals surface area contributed by atoms with Gasteiger partial charge in [0.2, 0.25) is 5.91 Å². The van der Waals surface area contributed by atoms with Crippen LogP contribution < -0.4 is 10.1 Å². The first-order valence-electron chi connectivity index (χ1n) is 8.18. The number of carbonyl (C=O) groups excluding carboxylic acids is 1. The lowest BCUT2D eigenvalue weighted by atomic mass is 10.0. The normalized spacial score (nSPS) is 10.6. The first-order chi connectivity index (χ1) is 11.1. The molecule has 0 saturated carbocycles. The summed E-state index contributed by atoms with van der Waals surface area (Å²) in [6.07, 6.45) is 1.27. The third-order valence-corrected chi connectivity index (χ3v) is 3.72. The van der Waals surface area contributed by atoms with Crippen LogP contribution in [-0.2, 0) is 11.2 Å². The highest BCUT2D eigenvalue weighted by atomic mass is 16.5. The van der Waals surface area contributed by atoms with Crippen LogP contribution in [0.3, 0.4) is 0 Å². The Hall–Kier alpha value is -2.29. The molecule has 1 amide bonds. The van der Waals surface area contributed by atoms with Gasteiger partial charge in [-0.15, -0.1) is 0 Å². The maximum absolute atomic E-state index is 11.8. The number of benzene rings is 2. The third kappa shape index (κ3) is 6.15. The molecule has 0 unspecified atom stereocenters. The van der Waals surface area contributed by atoms with Gasteiger partial charge >= 0.3 is 0 Å². The highest BCUT2D eigenvalue weighted by Gasteiger charge is 2.03. The maximum atomic E-state index is 11.8. The van der Waals surface area contributed by atoms with E-state index < -0.39 is 0 Å². The number of para-hydroxylation sites is 1. The molecule has 0 heterocycles. The van der Waals surface area contributed by atoms with E-state index in [4.69, 9.17) is 4.74 Å². The predicted octanol–water partition coefficient (Wildman–Crippen LogP) is 3.94. The number of hydrogen-bond acceptors (Lipinski definition) is 2. The first kappa shape index (κ1) is 17.1. The Kier molecular flexibility index (Phi) is 6.67. The SMILES string of the molecule is CC(C)c1ccc(CCC(=O)NCCOc2ccccc2)cc1. The lowest BCUT2D eigenvalue weighted by Gasteiger charge is -2.08. The zero-order valence-electron chi connectivity index (χ0n) is 13.9. The molecule has 0 fully saturated rings. The van der Waals surface area contributed by atoms with E-state index in [1.807, 2.05) is 30.3 Å². The molecule has 0 aliphatic carbocycles. The highest BCUT2D eigenvalue weighted by Crippen LogP contribution is 2.15. The molecule has 23 heavy (non-hydrogen) atoms. The number of rotatable bonds is 8. The summed E-state index contributed by atoms with van der Waals surface area (Å²) in [6.45, 7) is 5.37. The lowest BCUT2D eigenvalue weighted by Crippen LogP contribution is -2.28. The molecule has 3 nitrogen and oxygen atoms in total. The van der Waals surface area contributed by atoms with E-state index >= 15 is 0 Å². The summed E-state index contributed by atoms with van der Waals surface area (Å²) in [5, 5.41) is 2.89. The quantitative estimate of drug-likeness (QED) is 0.750. The molecule has 3 heteroatoms. The largest absolute Gasteiger partial charge is 0.492 e. The van der Waals surface area contributed by atoms with Crippen LogP contribution >= 0.6 is 0 Å². The van der Waals surface area contributed by atoms with Crippen LogP contribution in [0.5, 0.6) is 5.75 Å². The van der Waals surface area contributed by atoms with Crippen molar-refractivity contribution >= 4 is 5.91 Å². The molecule has 2 aromatic carbocycles. The Balaban J connectivity index is 1.63. The monoisotopic (exact) mass is 311 g/mol. The van der Waals surface area contributed by atoms with Crippen molar-refractivity contribution in [1.82, 2.24) is 5.32 Å². The van der Waals surface area contributed by atoms with Crippen molar-refractivity contribution in [1.29, 1.82) is 0 Å². The summed E-state index contributed by atoms with van der Waals surface area (Å²) in [6, 6.07) is 18.1. The molecule has 2 aromatic rings. The van der Waals surface area contributed by atoms with E-state index in [0.717, 1.165) is 12.2 Å². The topological polar surface area (TPSA) is 38.3 Å². The summed E-state index contributed by atoms with van der Waals surface area (Å²) in [5.74, 6) is 1.43. The van der Waals surface area contributed by atoms with Crippen LogP contribution in [0.1, 0.15) is 37.3 Å². The molecule has 0 aliphatic rings. The van der Waals surface area contributed by atoms with E-state index in [1.54, 1.807) is 0 Å². The smallest absolute Gasteiger partial charge is 0.220 e. The van der Waals surface area contributed by atoms with Crippen LogP contribution in [0.25, 0.3) is 0 Å².